The molecule has 2 bridgehead atoms. The molecule has 2 aromatic carbocycles. The molecule has 5 aromatic rings. The van der Waals surface area contributed by atoms with E-state index < -0.39 is 29.6 Å². The van der Waals surface area contributed by atoms with E-state index in [1.807, 2.05) is 19.1 Å². The summed E-state index contributed by atoms with van der Waals surface area (Å²) in [6.07, 6.45) is 2.45. The number of amides is 2. The lowest BCUT2D eigenvalue weighted by Crippen LogP contribution is -2.43. The van der Waals surface area contributed by atoms with E-state index in [1.54, 1.807) is 55.3 Å². The molecule has 11 nitrogen and oxygen atoms in total. The van der Waals surface area contributed by atoms with Gasteiger partial charge in [0.2, 0.25) is 0 Å². The molecule has 0 spiro atoms. The third-order valence-corrected chi connectivity index (χ3v) is 12.5. The number of halogens is 3. The lowest BCUT2D eigenvalue weighted by atomic mass is 9.79. The van der Waals surface area contributed by atoms with E-state index in [0.29, 0.717) is 70.2 Å². The maximum atomic E-state index is 17.7. The molecule has 14 heteroatoms. The van der Waals surface area contributed by atoms with Crippen LogP contribution in [0.5, 0.6) is 0 Å². The van der Waals surface area contributed by atoms with Crippen LogP contribution in [0.25, 0.3) is 44.2 Å². The van der Waals surface area contributed by atoms with Crippen molar-refractivity contribution in [2.75, 3.05) is 13.7 Å². The number of pyridine rings is 2. The monoisotopic (exact) mass is 784 g/mol. The Bertz CT molecular complexity index is 2440. The van der Waals surface area contributed by atoms with Crippen molar-refractivity contribution in [2.24, 2.45) is 5.92 Å². The number of benzene rings is 2. The van der Waals surface area contributed by atoms with Crippen LogP contribution in [0.4, 0.5) is 14.0 Å². The van der Waals surface area contributed by atoms with Gasteiger partial charge in [0.15, 0.2) is 5.82 Å². The average Bonchev–Trinajstić information content (AvgIpc) is 3.94. The summed E-state index contributed by atoms with van der Waals surface area (Å²) in [7, 11) is 1.35. The highest BCUT2D eigenvalue weighted by molar-refractivity contribution is 6.43. The van der Waals surface area contributed by atoms with E-state index >= 15 is 4.39 Å². The van der Waals surface area contributed by atoms with E-state index in [1.165, 1.54) is 12.0 Å². The molecule has 4 fully saturated rings. The lowest BCUT2D eigenvalue weighted by molar-refractivity contribution is 0.0738. The van der Waals surface area contributed by atoms with Gasteiger partial charge >= 0.3 is 12.2 Å². The van der Waals surface area contributed by atoms with Crippen LogP contribution < -0.4 is 0 Å². The van der Waals surface area contributed by atoms with Crippen molar-refractivity contribution in [3.8, 4) is 28.5 Å². The number of aromatic nitrogens is 3. The molecule has 2 N–H and O–H groups in total. The van der Waals surface area contributed by atoms with Gasteiger partial charge in [-0.1, -0.05) is 35.3 Å². The van der Waals surface area contributed by atoms with Crippen LogP contribution in [0.15, 0.2) is 48.7 Å². The molecule has 1 aliphatic carbocycles. The number of methoxy groups -OCH3 is 1. The lowest BCUT2D eigenvalue weighted by Gasteiger charge is -2.40. The molecule has 4 aliphatic rings. The van der Waals surface area contributed by atoms with Crippen LogP contribution in [0.3, 0.4) is 0 Å². The van der Waals surface area contributed by atoms with Gasteiger partial charge in [0.25, 0.3) is 0 Å². The zero-order valence-corrected chi connectivity index (χ0v) is 32.2. The van der Waals surface area contributed by atoms with Crippen molar-refractivity contribution < 1.29 is 28.9 Å². The molecule has 5 atom stereocenters. The molecule has 6 heterocycles. The Morgan fingerprint density at radius 1 is 1.15 bits per heavy atom. The van der Waals surface area contributed by atoms with Crippen molar-refractivity contribution >= 4 is 57.2 Å². The highest BCUT2D eigenvalue weighted by Crippen LogP contribution is 2.54. The quantitative estimate of drug-likeness (QED) is 0.166. The van der Waals surface area contributed by atoms with Crippen LogP contribution in [-0.2, 0) is 16.8 Å². The Balaban J connectivity index is 1.51. The number of carbonyl (C=O) groups excluding carboxylic acids is 1. The van der Waals surface area contributed by atoms with Gasteiger partial charge in [-0.05, 0) is 82.3 Å². The molecule has 3 saturated heterocycles. The first-order valence-corrected chi connectivity index (χ1v) is 19.1. The molecule has 1 saturated carbocycles. The number of rotatable bonds is 7. The van der Waals surface area contributed by atoms with Gasteiger partial charge < -0.3 is 24.4 Å². The number of nitriles is 1. The summed E-state index contributed by atoms with van der Waals surface area (Å²) in [5.74, 6) is -0.671. The van der Waals surface area contributed by atoms with E-state index in [4.69, 9.17) is 32.9 Å². The number of carboxylic acid groups (broad SMARTS) is 1. The molecule has 284 valence electrons. The SMILES string of the molecule is COC(=O)N1[C@H](C)CC[C@@H]1c1cc2c(-c3ccc(C(C)(C)O)nc3)nc3c(F)c(-c4cccc(Cl)c4Cl)c(CCC#N)cc3c2n1[C@H]1[C@@H]2C[C@H]1N(C(=O)O)C2. The molecule has 2 amide bonds. The van der Waals surface area contributed by atoms with Crippen LogP contribution >= 0.6 is 23.2 Å². The number of nitrogens with zero attached hydrogens (tertiary/aromatic N) is 6. The van der Waals surface area contributed by atoms with Gasteiger partial charge in [-0.2, -0.15) is 5.26 Å². The Morgan fingerprint density at radius 3 is 2.58 bits per heavy atom. The number of aliphatic hydroxyl groups is 1. The van der Waals surface area contributed by atoms with E-state index in [0.717, 1.165) is 5.69 Å². The highest BCUT2D eigenvalue weighted by Gasteiger charge is 2.56. The fourth-order valence-corrected chi connectivity index (χ4v) is 9.50. The first-order chi connectivity index (χ1) is 26.2. The molecule has 3 aromatic heterocycles. The summed E-state index contributed by atoms with van der Waals surface area (Å²) >= 11 is 13.2. The fourth-order valence-electron chi connectivity index (χ4n) is 9.10. The number of ether oxygens (including phenoxy) is 1. The summed E-state index contributed by atoms with van der Waals surface area (Å²) in [4.78, 5) is 38.6. The molecule has 3 aliphatic heterocycles. The Kier molecular flexibility index (Phi) is 9.18. The third kappa shape index (κ3) is 5.86. The number of carbonyl (C=O) groups is 2. The summed E-state index contributed by atoms with van der Waals surface area (Å²) in [5, 5.41) is 32.1. The number of hydrogen-bond donors (Lipinski definition) is 2. The zero-order chi connectivity index (χ0) is 39.1. The molecule has 0 unspecified atom stereocenters. The van der Waals surface area contributed by atoms with Crippen molar-refractivity contribution in [3.63, 3.8) is 0 Å². The molecular formula is C41H39Cl2FN6O5. The minimum absolute atomic E-state index is 0.0206. The van der Waals surface area contributed by atoms with Crippen molar-refractivity contribution in [3.05, 3.63) is 81.5 Å². The zero-order valence-electron chi connectivity index (χ0n) is 30.7. The predicted molar refractivity (Wildman–Crippen MR) is 206 cm³/mol. The normalized spacial score (nSPS) is 22.0. The van der Waals surface area contributed by atoms with Gasteiger partial charge in [0.1, 0.15) is 11.1 Å². The summed E-state index contributed by atoms with van der Waals surface area (Å²) in [6, 6.07) is 13.3. The van der Waals surface area contributed by atoms with Crippen molar-refractivity contribution in [2.45, 2.75) is 82.6 Å². The van der Waals surface area contributed by atoms with Gasteiger partial charge in [-0.25, -0.2) is 19.0 Å². The minimum atomic E-state index is -1.21. The first kappa shape index (κ1) is 37.0. The standard InChI is InChI=1S/C41H39Cl2FN6O5/c1-20-10-12-28(49(20)40(53)55-4)29-17-26-35(22-11-13-31(46-18-22)41(2,3)54)47-36-25(38(26)50(29)37-23-16-30(37)48(19-23)39(51)52)15-21(7-6-14-45)32(34(36)44)24-8-5-9-27(42)33(24)43/h5,8-9,11,13,15,17-18,20,23,28,30,37,54H,6-7,10,12,16,19H2,1-4H3,(H,51,52)/t20-,23-,28-,30-,37+/m1/s1. The number of likely N-dealkylation sites (tertiary alicyclic amines) is 1. The molecule has 55 heavy (non-hydrogen) atoms. The van der Waals surface area contributed by atoms with Crippen LogP contribution in [-0.4, -0.2) is 72.5 Å². The second-order valence-corrected chi connectivity index (χ2v) is 16.1. The topological polar surface area (TPSA) is 145 Å². The molecular weight excluding hydrogens is 746 g/mol. The summed E-state index contributed by atoms with van der Waals surface area (Å²) in [6.45, 7) is 5.60. The highest BCUT2D eigenvalue weighted by atomic mass is 35.5. The van der Waals surface area contributed by atoms with Crippen molar-refractivity contribution in [1.29, 1.82) is 5.26 Å². The fraction of sp³-hybridized carbons (Fsp3) is 0.390. The average molecular weight is 786 g/mol. The van der Waals surface area contributed by atoms with Crippen LogP contribution in [0.1, 0.15) is 75.5 Å². The smallest absolute Gasteiger partial charge is 0.410 e. The van der Waals surface area contributed by atoms with E-state index in [2.05, 4.69) is 15.6 Å². The number of fused-ring (bicyclic) bond motifs is 4. The van der Waals surface area contributed by atoms with Crippen molar-refractivity contribution in [1.82, 2.24) is 24.3 Å². The van der Waals surface area contributed by atoms with Gasteiger partial charge in [-0.15, -0.1) is 0 Å². The second-order valence-electron chi connectivity index (χ2n) is 15.3. The largest absolute Gasteiger partial charge is 0.465 e. The Labute approximate surface area is 326 Å². The Hall–Kier alpha value is -4.96. The second kappa shape index (κ2) is 13.7. The van der Waals surface area contributed by atoms with Gasteiger partial charge in [-0.3, -0.25) is 9.88 Å². The Morgan fingerprint density at radius 2 is 1.93 bits per heavy atom. The van der Waals surface area contributed by atoms with Crippen LogP contribution in [0, 0.1) is 23.1 Å². The van der Waals surface area contributed by atoms with E-state index in [9.17, 15) is 25.1 Å². The maximum Gasteiger partial charge on any atom is 0.410 e. The van der Waals surface area contributed by atoms with Gasteiger partial charge in [0, 0.05) is 64.3 Å². The predicted octanol–water partition coefficient (Wildman–Crippen LogP) is 9.26. The van der Waals surface area contributed by atoms with Crippen LogP contribution in [0.2, 0.25) is 10.0 Å². The third-order valence-electron chi connectivity index (χ3n) is 11.7. The summed E-state index contributed by atoms with van der Waals surface area (Å²) in [5.41, 5.74) is 2.73. The molecule has 0 radical (unpaired) electrons. The minimum Gasteiger partial charge on any atom is -0.465 e. The van der Waals surface area contributed by atoms with Gasteiger partial charge in [0.05, 0.1) is 58.3 Å². The first-order valence-electron chi connectivity index (χ1n) is 18.3. The molecule has 9 rings (SSSR count). The maximum absolute atomic E-state index is 17.7. The number of aryl methyl sites for hydroxylation is 1. The van der Waals surface area contributed by atoms with E-state index in [-0.39, 0.29) is 58.0 Å². The number of hydrogen-bond acceptors (Lipinski definition) is 7. The summed E-state index contributed by atoms with van der Waals surface area (Å²) < 4.78 is 25.1.